The summed E-state index contributed by atoms with van der Waals surface area (Å²) < 4.78 is 40.5. The molecule has 1 aromatic rings. The van der Waals surface area contributed by atoms with Crippen molar-refractivity contribution in [1.29, 1.82) is 0 Å². The van der Waals surface area contributed by atoms with E-state index in [4.69, 9.17) is 0 Å². The van der Waals surface area contributed by atoms with Gasteiger partial charge in [0.2, 0.25) is 5.88 Å². The van der Waals surface area contributed by atoms with Crippen LogP contribution >= 0.6 is 24.0 Å². The lowest BCUT2D eigenvalue weighted by atomic mass is 10.3. The van der Waals surface area contributed by atoms with E-state index < -0.39 is 12.8 Å². The van der Waals surface area contributed by atoms with Crippen LogP contribution in [0.25, 0.3) is 0 Å². The number of halogens is 4. The highest BCUT2D eigenvalue weighted by Gasteiger charge is 2.28. The summed E-state index contributed by atoms with van der Waals surface area (Å²) in [6.45, 7) is 4.44. The van der Waals surface area contributed by atoms with Gasteiger partial charge in [0.15, 0.2) is 12.6 Å². The molecule has 1 aromatic heterocycles. The zero-order valence-electron chi connectivity index (χ0n) is 12.4. The molecule has 1 rings (SSSR count). The number of alkyl halides is 3. The average molecular weight is 432 g/mol. The van der Waals surface area contributed by atoms with E-state index in [0.29, 0.717) is 12.5 Å². The maximum Gasteiger partial charge on any atom is 0.422 e. The molecule has 0 aromatic carbocycles. The third-order valence-corrected chi connectivity index (χ3v) is 2.29. The Balaban J connectivity index is 0.00000441. The molecule has 22 heavy (non-hydrogen) atoms. The van der Waals surface area contributed by atoms with Gasteiger partial charge in [-0.15, -0.1) is 24.0 Å². The van der Waals surface area contributed by atoms with Crippen molar-refractivity contribution in [2.24, 2.45) is 4.99 Å². The number of ether oxygens (including phenoxy) is 1. The van der Waals surface area contributed by atoms with Gasteiger partial charge in [-0.2, -0.15) is 13.2 Å². The first-order chi connectivity index (χ1) is 9.94. The van der Waals surface area contributed by atoms with E-state index in [1.807, 2.05) is 13.8 Å². The van der Waals surface area contributed by atoms with Crippen molar-refractivity contribution in [3.63, 3.8) is 0 Å². The van der Waals surface area contributed by atoms with E-state index in [-0.39, 0.29) is 29.9 Å². The number of guanidine groups is 1. The lowest BCUT2D eigenvalue weighted by Crippen LogP contribution is -2.36. The van der Waals surface area contributed by atoms with Crippen LogP contribution in [0.3, 0.4) is 0 Å². The standard InChI is InChI=1S/C13H19F3N4O.HI/c1-3-17-12(18-4-2)20-8-10-5-6-11(19-7-10)21-9-13(14,15)16;/h5-7H,3-4,8-9H2,1-2H3,(H2,17,18,20);1H. The quantitative estimate of drug-likeness (QED) is 0.413. The van der Waals surface area contributed by atoms with E-state index in [1.165, 1.54) is 12.3 Å². The van der Waals surface area contributed by atoms with Crippen LogP contribution in [0.1, 0.15) is 19.4 Å². The first kappa shape index (κ1) is 20.7. The zero-order valence-corrected chi connectivity index (χ0v) is 14.7. The van der Waals surface area contributed by atoms with Crippen LogP contribution in [0.4, 0.5) is 13.2 Å². The van der Waals surface area contributed by atoms with Gasteiger partial charge in [0.1, 0.15) is 0 Å². The van der Waals surface area contributed by atoms with Crippen molar-refractivity contribution < 1.29 is 17.9 Å². The fraction of sp³-hybridized carbons (Fsp3) is 0.538. The molecule has 0 spiro atoms. The van der Waals surface area contributed by atoms with Gasteiger partial charge in [-0.05, 0) is 19.4 Å². The maximum atomic E-state index is 12.0. The summed E-state index contributed by atoms with van der Waals surface area (Å²) in [5.41, 5.74) is 0.780. The number of pyridine rings is 1. The molecule has 0 unspecified atom stereocenters. The molecular weight excluding hydrogens is 412 g/mol. The molecule has 9 heteroatoms. The van der Waals surface area contributed by atoms with Crippen molar-refractivity contribution in [3.05, 3.63) is 23.9 Å². The summed E-state index contributed by atoms with van der Waals surface area (Å²) in [7, 11) is 0. The van der Waals surface area contributed by atoms with Crippen molar-refractivity contribution in [2.45, 2.75) is 26.6 Å². The van der Waals surface area contributed by atoms with Crippen molar-refractivity contribution >= 4 is 29.9 Å². The lowest BCUT2D eigenvalue weighted by Gasteiger charge is -2.10. The molecule has 0 radical (unpaired) electrons. The molecular formula is C13H20F3IN4O. The summed E-state index contributed by atoms with van der Waals surface area (Å²) in [6, 6.07) is 3.04. The Morgan fingerprint density at radius 1 is 1.23 bits per heavy atom. The Morgan fingerprint density at radius 3 is 2.32 bits per heavy atom. The monoisotopic (exact) mass is 432 g/mol. The summed E-state index contributed by atoms with van der Waals surface area (Å²) >= 11 is 0. The van der Waals surface area contributed by atoms with E-state index in [0.717, 1.165) is 18.7 Å². The Morgan fingerprint density at radius 2 is 1.86 bits per heavy atom. The molecule has 0 aliphatic carbocycles. The number of nitrogens with one attached hydrogen (secondary N) is 2. The van der Waals surface area contributed by atoms with E-state index >= 15 is 0 Å². The Labute approximate surface area is 144 Å². The molecule has 0 amide bonds. The molecule has 5 nitrogen and oxygen atoms in total. The summed E-state index contributed by atoms with van der Waals surface area (Å²) in [5.74, 6) is 0.621. The van der Waals surface area contributed by atoms with Crippen LogP contribution < -0.4 is 15.4 Å². The number of hydrogen-bond acceptors (Lipinski definition) is 3. The van der Waals surface area contributed by atoms with Crippen LogP contribution in [0.5, 0.6) is 5.88 Å². The Bertz CT molecular complexity index is 444. The van der Waals surface area contributed by atoms with Crippen molar-refractivity contribution in [1.82, 2.24) is 15.6 Å². The third-order valence-electron chi connectivity index (χ3n) is 2.29. The Kier molecular flexibility index (Phi) is 9.86. The van der Waals surface area contributed by atoms with Crippen LogP contribution in [0, 0.1) is 0 Å². The number of aromatic nitrogens is 1. The molecule has 0 atom stereocenters. The molecule has 0 aliphatic heterocycles. The van der Waals surface area contributed by atoms with Gasteiger partial charge in [-0.25, -0.2) is 9.98 Å². The normalized spacial score (nSPS) is 10.4. The SMILES string of the molecule is CCNC(=NCc1ccc(OCC(F)(F)F)nc1)NCC.I. The maximum absolute atomic E-state index is 12.0. The largest absolute Gasteiger partial charge is 0.468 e. The van der Waals surface area contributed by atoms with E-state index in [2.05, 4.69) is 25.3 Å². The first-order valence-corrected chi connectivity index (χ1v) is 6.61. The highest BCUT2D eigenvalue weighted by Crippen LogP contribution is 2.17. The minimum absolute atomic E-state index is 0. The smallest absolute Gasteiger partial charge is 0.422 e. The zero-order chi connectivity index (χ0) is 15.7. The van der Waals surface area contributed by atoms with Gasteiger partial charge < -0.3 is 15.4 Å². The number of nitrogens with zero attached hydrogens (tertiary/aromatic N) is 2. The van der Waals surface area contributed by atoms with E-state index in [9.17, 15) is 13.2 Å². The predicted molar refractivity (Wildman–Crippen MR) is 89.7 cm³/mol. The highest BCUT2D eigenvalue weighted by atomic mass is 127. The topological polar surface area (TPSA) is 58.5 Å². The van der Waals surface area contributed by atoms with Crippen molar-refractivity contribution in [2.75, 3.05) is 19.7 Å². The molecule has 1 heterocycles. The Hall–Kier alpha value is -1.26. The first-order valence-electron chi connectivity index (χ1n) is 6.61. The average Bonchev–Trinajstić information content (AvgIpc) is 2.43. The molecule has 2 N–H and O–H groups in total. The summed E-state index contributed by atoms with van der Waals surface area (Å²) in [5, 5.41) is 6.14. The predicted octanol–water partition coefficient (Wildman–Crippen LogP) is 2.72. The number of hydrogen-bond donors (Lipinski definition) is 2. The van der Waals surface area contributed by atoms with E-state index in [1.54, 1.807) is 6.07 Å². The van der Waals surface area contributed by atoms with Gasteiger partial charge in [0.05, 0.1) is 6.54 Å². The van der Waals surface area contributed by atoms with Crippen molar-refractivity contribution in [3.8, 4) is 5.88 Å². The molecule has 126 valence electrons. The van der Waals surface area contributed by atoms with Gasteiger partial charge in [0.25, 0.3) is 0 Å². The molecule has 0 saturated carbocycles. The van der Waals surface area contributed by atoms with Gasteiger partial charge in [-0.3, -0.25) is 0 Å². The second kappa shape index (κ2) is 10.5. The minimum atomic E-state index is -4.36. The lowest BCUT2D eigenvalue weighted by molar-refractivity contribution is -0.154. The van der Waals surface area contributed by atoms with Gasteiger partial charge >= 0.3 is 6.18 Å². The highest BCUT2D eigenvalue weighted by molar-refractivity contribution is 14.0. The second-order valence-corrected chi connectivity index (χ2v) is 4.13. The van der Waals surface area contributed by atoms with Gasteiger partial charge in [0, 0.05) is 25.4 Å². The summed E-state index contributed by atoms with van der Waals surface area (Å²) in [6.07, 6.45) is -2.91. The third kappa shape index (κ3) is 8.90. The summed E-state index contributed by atoms with van der Waals surface area (Å²) in [4.78, 5) is 8.14. The minimum Gasteiger partial charge on any atom is -0.468 e. The van der Waals surface area contributed by atoms with Crippen LogP contribution in [-0.4, -0.2) is 36.8 Å². The molecule has 0 aliphatic rings. The van der Waals surface area contributed by atoms with Crippen LogP contribution in [0.15, 0.2) is 23.3 Å². The second-order valence-electron chi connectivity index (χ2n) is 4.13. The van der Waals surface area contributed by atoms with Gasteiger partial charge in [-0.1, -0.05) is 6.07 Å². The molecule has 0 fully saturated rings. The number of aliphatic imine (C=N–C) groups is 1. The van der Waals surface area contributed by atoms with Crippen LogP contribution in [0.2, 0.25) is 0 Å². The van der Waals surface area contributed by atoms with Crippen LogP contribution in [-0.2, 0) is 6.54 Å². The fourth-order valence-corrected chi connectivity index (χ4v) is 1.43. The fourth-order valence-electron chi connectivity index (χ4n) is 1.43. The molecule has 0 bridgehead atoms. The molecule has 0 saturated heterocycles. The number of rotatable bonds is 6.